The van der Waals surface area contributed by atoms with Crippen molar-refractivity contribution in [2.45, 2.75) is 32.0 Å². The second-order valence-electron chi connectivity index (χ2n) is 8.26. The molecule has 33 heavy (non-hydrogen) atoms. The number of carbonyl (C=O) groups is 2. The van der Waals surface area contributed by atoms with Crippen molar-refractivity contribution in [3.63, 3.8) is 0 Å². The first-order valence-electron chi connectivity index (χ1n) is 10.9. The van der Waals surface area contributed by atoms with Crippen LogP contribution < -0.4 is 5.32 Å². The maximum absolute atomic E-state index is 13.4. The van der Waals surface area contributed by atoms with Crippen molar-refractivity contribution in [3.05, 3.63) is 89.0 Å². The molecule has 1 N–H and O–H groups in total. The maximum atomic E-state index is 13.4. The van der Waals surface area contributed by atoms with E-state index in [0.717, 1.165) is 24.1 Å². The molecule has 2 aromatic carbocycles. The molecule has 0 radical (unpaired) electrons. The van der Waals surface area contributed by atoms with Gasteiger partial charge in [0.25, 0.3) is 0 Å². The van der Waals surface area contributed by atoms with Crippen molar-refractivity contribution >= 4 is 29.2 Å². The number of anilines is 1. The van der Waals surface area contributed by atoms with Gasteiger partial charge in [-0.3, -0.25) is 4.79 Å². The third kappa shape index (κ3) is 5.93. The fourth-order valence-electron chi connectivity index (χ4n) is 3.66. The van der Waals surface area contributed by atoms with E-state index >= 15 is 0 Å². The summed E-state index contributed by atoms with van der Waals surface area (Å²) < 4.78 is 15.4. The molecular weight excluding hydrogens is 443 g/mol. The molecule has 1 heterocycles. The molecule has 1 aliphatic carbocycles. The van der Waals surface area contributed by atoms with Gasteiger partial charge in [-0.15, -0.1) is 0 Å². The average Bonchev–Trinajstić information content (AvgIpc) is 3.56. The Kier molecular flexibility index (Phi) is 6.99. The molecule has 0 atom stereocenters. The molecule has 4 rings (SSSR count). The van der Waals surface area contributed by atoms with E-state index in [1.165, 1.54) is 18.2 Å². The topological polar surface area (TPSA) is 57.6 Å². The van der Waals surface area contributed by atoms with E-state index in [9.17, 15) is 14.0 Å². The molecule has 0 aliphatic heterocycles. The van der Waals surface area contributed by atoms with E-state index < -0.39 is 11.8 Å². The number of aromatic nitrogens is 1. The van der Waals surface area contributed by atoms with E-state index in [4.69, 9.17) is 11.6 Å². The summed E-state index contributed by atoms with van der Waals surface area (Å²) in [6.07, 6.45) is 3.64. The lowest BCUT2D eigenvalue weighted by Gasteiger charge is -2.28. The zero-order valence-corrected chi connectivity index (χ0v) is 19.1. The molecule has 0 bridgehead atoms. The Morgan fingerprint density at radius 2 is 1.85 bits per heavy atom. The number of nitrogens with one attached hydrogen (secondary N) is 1. The Labute approximate surface area is 197 Å². The molecule has 1 saturated carbocycles. The third-order valence-electron chi connectivity index (χ3n) is 5.70. The average molecular weight is 469 g/mol. The minimum atomic E-state index is -0.555. The van der Waals surface area contributed by atoms with Crippen molar-refractivity contribution in [2.75, 3.05) is 11.9 Å². The second-order valence-corrected chi connectivity index (χ2v) is 8.67. The smallest absolute Gasteiger partial charge is 0.322 e. The monoisotopic (exact) mass is 468 g/mol. The highest BCUT2D eigenvalue weighted by atomic mass is 35.5. The number of aryl methyl sites for hydroxylation is 1. The van der Waals surface area contributed by atoms with Crippen LogP contribution in [0.15, 0.2) is 66.9 Å². The predicted octanol–water partition coefficient (Wildman–Crippen LogP) is 5.04. The van der Waals surface area contributed by atoms with Gasteiger partial charge in [0.1, 0.15) is 12.4 Å². The van der Waals surface area contributed by atoms with Crippen LogP contribution in [0.3, 0.4) is 0 Å². The van der Waals surface area contributed by atoms with E-state index in [0.29, 0.717) is 18.8 Å². The zero-order chi connectivity index (χ0) is 23.4. The van der Waals surface area contributed by atoms with Crippen LogP contribution in [-0.4, -0.2) is 38.9 Å². The highest BCUT2D eigenvalue weighted by Gasteiger charge is 2.35. The summed E-state index contributed by atoms with van der Waals surface area (Å²) in [6, 6.07) is 17.3. The SMILES string of the molecule is Cn1cccc1CN(Cc1ccccc1)C(=O)CN(C(=O)Nc1ccc(F)c(Cl)c1)C1CC1. The van der Waals surface area contributed by atoms with Crippen molar-refractivity contribution in [3.8, 4) is 0 Å². The first-order valence-corrected chi connectivity index (χ1v) is 11.2. The molecule has 1 aromatic heterocycles. The molecule has 0 spiro atoms. The summed E-state index contributed by atoms with van der Waals surface area (Å²) >= 11 is 5.83. The minimum Gasteiger partial charge on any atom is -0.353 e. The molecule has 6 nitrogen and oxygen atoms in total. The van der Waals surface area contributed by atoms with Gasteiger partial charge in [-0.2, -0.15) is 0 Å². The number of benzene rings is 2. The number of halogens is 2. The molecule has 1 aliphatic rings. The van der Waals surface area contributed by atoms with Gasteiger partial charge < -0.3 is 19.7 Å². The highest BCUT2D eigenvalue weighted by Crippen LogP contribution is 2.28. The minimum absolute atomic E-state index is 0.0125. The Bertz CT molecular complexity index is 1130. The van der Waals surface area contributed by atoms with Crippen molar-refractivity contribution in [1.29, 1.82) is 0 Å². The number of carbonyl (C=O) groups excluding carboxylic acids is 2. The van der Waals surface area contributed by atoms with Crippen molar-refractivity contribution in [1.82, 2.24) is 14.4 Å². The van der Waals surface area contributed by atoms with Crippen LogP contribution in [0, 0.1) is 5.82 Å². The van der Waals surface area contributed by atoms with Gasteiger partial charge in [0.15, 0.2) is 0 Å². The quantitative estimate of drug-likeness (QED) is 0.503. The lowest BCUT2D eigenvalue weighted by atomic mass is 10.2. The highest BCUT2D eigenvalue weighted by molar-refractivity contribution is 6.31. The Morgan fingerprint density at radius 3 is 2.48 bits per heavy atom. The molecule has 1 fully saturated rings. The fraction of sp³-hybridized carbons (Fsp3) is 0.280. The molecule has 0 unspecified atom stereocenters. The van der Waals surface area contributed by atoms with Gasteiger partial charge in [-0.1, -0.05) is 41.9 Å². The zero-order valence-electron chi connectivity index (χ0n) is 18.4. The van der Waals surface area contributed by atoms with E-state index in [-0.39, 0.29) is 23.5 Å². The second kappa shape index (κ2) is 10.1. The van der Waals surface area contributed by atoms with Crippen LogP contribution in [0.1, 0.15) is 24.1 Å². The fourth-order valence-corrected chi connectivity index (χ4v) is 3.84. The Morgan fingerprint density at radius 1 is 1.09 bits per heavy atom. The van der Waals surface area contributed by atoms with E-state index in [1.807, 2.05) is 60.3 Å². The van der Waals surface area contributed by atoms with Crippen LogP contribution in [0.5, 0.6) is 0 Å². The molecule has 8 heteroatoms. The van der Waals surface area contributed by atoms with Crippen LogP contribution >= 0.6 is 11.6 Å². The van der Waals surface area contributed by atoms with E-state index in [1.54, 1.807) is 9.80 Å². The van der Waals surface area contributed by atoms with Gasteiger partial charge >= 0.3 is 6.03 Å². The van der Waals surface area contributed by atoms with Crippen LogP contribution in [0.25, 0.3) is 0 Å². The van der Waals surface area contributed by atoms with Crippen LogP contribution in [-0.2, 0) is 24.9 Å². The van der Waals surface area contributed by atoms with Gasteiger partial charge in [-0.05, 0) is 48.7 Å². The molecule has 172 valence electrons. The summed E-state index contributed by atoms with van der Waals surface area (Å²) in [5.74, 6) is -0.694. The van der Waals surface area contributed by atoms with Crippen molar-refractivity contribution in [2.24, 2.45) is 7.05 Å². The normalized spacial score (nSPS) is 12.9. The van der Waals surface area contributed by atoms with E-state index in [2.05, 4.69) is 5.32 Å². The number of nitrogens with zero attached hydrogens (tertiary/aromatic N) is 3. The number of hydrogen-bond acceptors (Lipinski definition) is 2. The third-order valence-corrected chi connectivity index (χ3v) is 5.99. The first kappa shape index (κ1) is 22.9. The molecule has 0 saturated heterocycles. The van der Waals surface area contributed by atoms with Gasteiger partial charge in [0.05, 0.1) is 11.6 Å². The maximum Gasteiger partial charge on any atom is 0.322 e. The van der Waals surface area contributed by atoms with Crippen molar-refractivity contribution < 1.29 is 14.0 Å². The Balaban J connectivity index is 1.49. The van der Waals surface area contributed by atoms with Gasteiger partial charge in [0, 0.05) is 37.2 Å². The van der Waals surface area contributed by atoms with Crippen LogP contribution in [0.2, 0.25) is 5.02 Å². The molecule has 3 amide bonds. The Hall–Kier alpha value is -3.32. The standard InChI is InChI=1S/C25H26ClFN4O2/c1-29-13-5-8-21(29)16-30(15-18-6-3-2-4-7-18)24(32)17-31(20-10-11-20)25(33)28-19-9-12-23(27)22(26)14-19/h2-9,12-14,20H,10-11,15-17H2,1H3,(H,28,33). The summed E-state index contributed by atoms with van der Waals surface area (Å²) in [4.78, 5) is 29.7. The largest absolute Gasteiger partial charge is 0.353 e. The summed E-state index contributed by atoms with van der Waals surface area (Å²) in [5, 5.41) is 2.67. The predicted molar refractivity (Wildman–Crippen MR) is 126 cm³/mol. The molecule has 3 aromatic rings. The lowest BCUT2D eigenvalue weighted by molar-refractivity contribution is -0.133. The number of rotatable bonds is 8. The summed E-state index contributed by atoms with van der Waals surface area (Å²) in [5.41, 5.74) is 2.40. The van der Waals surface area contributed by atoms with Crippen LogP contribution in [0.4, 0.5) is 14.9 Å². The number of urea groups is 1. The number of hydrogen-bond donors (Lipinski definition) is 1. The van der Waals surface area contributed by atoms with Gasteiger partial charge in [0.2, 0.25) is 5.91 Å². The summed E-state index contributed by atoms with van der Waals surface area (Å²) in [7, 11) is 1.94. The number of amides is 3. The van der Waals surface area contributed by atoms with Gasteiger partial charge in [-0.25, -0.2) is 9.18 Å². The molecular formula is C25H26ClFN4O2. The lowest BCUT2D eigenvalue weighted by Crippen LogP contribution is -2.45. The summed E-state index contributed by atoms with van der Waals surface area (Å²) in [6.45, 7) is 0.839. The first-order chi connectivity index (χ1) is 15.9.